The predicted molar refractivity (Wildman–Crippen MR) is 116 cm³/mol. The van der Waals surface area contributed by atoms with Crippen molar-refractivity contribution in [2.45, 2.75) is 19.9 Å². The van der Waals surface area contributed by atoms with E-state index in [-0.39, 0.29) is 18.0 Å². The second-order valence-electron chi connectivity index (χ2n) is 6.92. The van der Waals surface area contributed by atoms with Crippen molar-refractivity contribution in [3.05, 3.63) is 82.9 Å². The van der Waals surface area contributed by atoms with Gasteiger partial charge in [-0.1, -0.05) is 19.1 Å². The van der Waals surface area contributed by atoms with E-state index in [4.69, 9.17) is 4.74 Å². The van der Waals surface area contributed by atoms with E-state index in [1.54, 1.807) is 25.6 Å². The number of methoxy groups -OCH3 is 1. The van der Waals surface area contributed by atoms with E-state index in [1.165, 1.54) is 14.6 Å². The van der Waals surface area contributed by atoms with Gasteiger partial charge < -0.3 is 14.6 Å². The molecular formula is C23H22N4O3. The maximum atomic E-state index is 12.8. The van der Waals surface area contributed by atoms with E-state index in [1.807, 2.05) is 48.5 Å². The van der Waals surface area contributed by atoms with Gasteiger partial charge in [0.25, 0.3) is 5.56 Å². The van der Waals surface area contributed by atoms with Crippen molar-refractivity contribution >= 4 is 17.1 Å². The Morgan fingerprint density at radius 2 is 1.80 bits per heavy atom. The number of nitrogens with one attached hydrogen (secondary N) is 1. The molecule has 0 fully saturated rings. The van der Waals surface area contributed by atoms with E-state index in [2.05, 4.69) is 17.3 Å². The van der Waals surface area contributed by atoms with Crippen LogP contribution >= 0.6 is 0 Å². The first kappa shape index (κ1) is 19.4. The number of carbonyl (C=O) groups excluding carboxylic acids is 1. The number of aromatic nitrogens is 3. The summed E-state index contributed by atoms with van der Waals surface area (Å²) in [6.07, 6.45) is 4.18. The van der Waals surface area contributed by atoms with Gasteiger partial charge in [-0.15, -0.1) is 0 Å². The molecule has 152 valence electrons. The molecule has 0 bridgehead atoms. The molecule has 0 aliphatic carbocycles. The lowest BCUT2D eigenvalue weighted by Crippen LogP contribution is -2.28. The molecule has 7 nitrogen and oxygen atoms in total. The first-order chi connectivity index (χ1) is 14.6. The maximum Gasteiger partial charge on any atom is 0.277 e. The van der Waals surface area contributed by atoms with E-state index >= 15 is 0 Å². The Balaban J connectivity index is 1.55. The average Bonchev–Trinajstić information content (AvgIpc) is 3.21. The summed E-state index contributed by atoms with van der Waals surface area (Å²) >= 11 is 0. The topological polar surface area (TPSA) is 77.6 Å². The minimum absolute atomic E-state index is 0.0755. The molecule has 0 aliphatic rings. The number of anilines is 1. The molecule has 7 heteroatoms. The summed E-state index contributed by atoms with van der Waals surface area (Å²) in [5.41, 5.74) is 3.58. The minimum Gasteiger partial charge on any atom is -0.497 e. The van der Waals surface area contributed by atoms with Crippen LogP contribution < -0.4 is 15.6 Å². The van der Waals surface area contributed by atoms with Gasteiger partial charge in [0.15, 0.2) is 0 Å². The van der Waals surface area contributed by atoms with Crippen molar-refractivity contribution in [1.82, 2.24) is 14.2 Å². The van der Waals surface area contributed by atoms with Gasteiger partial charge >= 0.3 is 0 Å². The minimum atomic E-state index is -0.277. The van der Waals surface area contributed by atoms with Crippen LogP contribution in [0, 0.1) is 0 Å². The number of nitrogens with zero attached hydrogens (tertiary/aromatic N) is 3. The third-order valence-corrected chi connectivity index (χ3v) is 4.95. The maximum absolute atomic E-state index is 12.8. The number of hydrogen-bond acceptors (Lipinski definition) is 4. The lowest BCUT2D eigenvalue weighted by atomic mass is 10.1. The number of ether oxygens (including phenoxy) is 1. The van der Waals surface area contributed by atoms with Crippen LogP contribution in [-0.4, -0.2) is 27.2 Å². The number of fused-ring (bicyclic) bond motifs is 1. The van der Waals surface area contributed by atoms with Gasteiger partial charge in [0.1, 0.15) is 17.8 Å². The fourth-order valence-corrected chi connectivity index (χ4v) is 3.23. The van der Waals surface area contributed by atoms with Crippen molar-refractivity contribution in [2.75, 3.05) is 12.4 Å². The zero-order chi connectivity index (χ0) is 21.1. The molecule has 2 heterocycles. The average molecular weight is 402 g/mol. The SMILES string of the molecule is CCc1ccc(NC(=O)Cn2ccn3nc(-c4ccc(OC)cc4)cc3c2=O)cc1. The zero-order valence-corrected chi connectivity index (χ0v) is 16.8. The second kappa shape index (κ2) is 8.24. The van der Waals surface area contributed by atoms with Gasteiger partial charge in [0, 0.05) is 23.6 Å². The monoisotopic (exact) mass is 402 g/mol. The highest BCUT2D eigenvalue weighted by Crippen LogP contribution is 2.21. The highest BCUT2D eigenvalue weighted by Gasteiger charge is 2.11. The number of rotatable bonds is 6. The Bertz CT molecular complexity index is 1240. The highest BCUT2D eigenvalue weighted by atomic mass is 16.5. The van der Waals surface area contributed by atoms with Crippen LogP contribution in [0.25, 0.3) is 16.8 Å². The summed E-state index contributed by atoms with van der Waals surface area (Å²) in [5.74, 6) is 0.487. The Morgan fingerprint density at radius 1 is 1.07 bits per heavy atom. The standard InChI is InChI=1S/C23H22N4O3/c1-3-16-4-8-18(9-5-16)24-22(28)15-26-12-13-27-21(23(26)29)14-20(25-27)17-6-10-19(30-2)11-7-17/h4-14H,3,15H2,1-2H3,(H,24,28). The van der Waals surface area contributed by atoms with Crippen molar-refractivity contribution in [3.8, 4) is 17.0 Å². The third kappa shape index (κ3) is 3.96. The zero-order valence-electron chi connectivity index (χ0n) is 16.8. The normalized spacial score (nSPS) is 10.9. The van der Waals surface area contributed by atoms with Crippen LogP contribution in [0.15, 0.2) is 71.8 Å². The molecule has 2 aromatic heterocycles. The van der Waals surface area contributed by atoms with Crippen molar-refractivity contribution < 1.29 is 9.53 Å². The second-order valence-corrected chi connectivity index (χ2v) is 6.92. The van der Waals surface area contributed by atoms with Crippen LogP contribution in [-0.2, 0) is 17.8 Å². The van der Waals surface area contributed by atoms with E-state index < -0.39 is 0 Å². The first-order valence-electron chi connectivity index (χ1n) is 9.69. The molecular weight excluding hydrogens is 380 g/mol. The molecule has 4 rings (SSSR count). The molecule has 0 radical (unpaired) electrons. The largest absolute Gasteiger partial charge is 0.497 e. The molecule has 2 aromatic carbocycles. The van der Waals surface area contributed by atoms with Crippen molar-refractivity contribution in [1.29, 1.82) is 0 Å². The van der Waals surface area contributed by atoms with Crippen LogP contribution in [0.3, 0.4) is 0 Å². The van der Waals surface area contributed by atoms with Crippen LogP contribution in [0.2, 0.25) is 0 Å². The smallest absolute Gasteiger partial charge is 0.277 e. The Morgan fingerprint density at radius 3 is 2.47 bits per heavy atom. The van der Waals surface area contributed by atoms with Crippen LogP contribution in [0.4, 0.5) is 5.69 Å². The van der Waals surface area contributed by atoms with Crippen molar-refractivity contribution in [2.24, 2.45) is 0 Å². The Hall–Kier alpha value is -3.87. The van der Waals surface area contributed by atoms with Gasteiger partial charge in [0.05, 0.1) is 12.8 Å². The molecule has 0 aliphatic heterocycles. The fraction of sp³-hybridized carbons (Fsp3) is 0.174. The van der Waals surface area contributed by atoms with Gasteiger partial charge in [-0.05, 0) is 54.4 Å². The Labute approximate surface area is 173 Å². The summed E-state index contributed by atoms with van der Waals surface area (Å²) in [5, 5.41) is 7.29. The van der Waals surface area contributed by atoms with E-state index in [9.17, 15) is 9.59 Å². The van der Waals surface area contributed by atoms with Crippen LogP contribution in [0.1, 0.15) is 12.5 Å². The van der Waals surface area contributed by atoms with E-state index in [0.717, 1.165) is 17.7 Å². The summed E-state index contributed by atoms with van der Waals surface area (Å²) in [6, 6.07) is 16.8. The number of benzene rings is 2. The quantitative estimate of drug-likeness (QED) is 0.536. The summed E-state index contributed by atoms with van der Waals surface area (Å²) in [6.45, 7) is 2.00. The molecule has 0 saturated carbocycles. The summed E-state index contributed by atoms with van der Waals surface area (Å²) in [7, 11) is 1.61. The highest BCUT2D eigenvalue weighted by molar-refractivity contribution is 5.90. The lowest BCUT2D eigenvalue weighted by Gasteiger charge is -2.08. The summed E-state index contributed by atoms with van der Waals surface area (Å²) < 4.78 is 8.08. The molecule has 1 N–H and O–H groups in total. The molecule has 4 aromatic rings. The van der Waals surface area contributed by atoms with Crippen LogP contribution in [0.5, 0.6) is 5.75 Å². The molecule has 0 unspecified atom stereocenters. The Kier molecular flexibility index (Phi) is 5.34. The van der Waals surface area contributed by atoms with Gasteiger partial charge in [-0.2, -0.15) is 5.10 Å². The lowest BCUT2D eigenvalue weighted by molar-refractivity contribution is -0.116. The van der Waals surface area contributed by atoms with E-state index in [0.29, 0.717) is 16.9 Å². The fourth-order valence-electron chi connectivity index (χ4n) is 3.23. The van der Waals surface area contributed by atoms with Gasteiger partial charge in [0.2, 0.25) is 5.91 Å². The molecule has 0 spiro atoms. The molecule has 1 amide bonds. The van der Waals surface area contributed by atoms with Crippen molar-refractivity contribution in [3.63, 3.8) is 0 Å². The summed E-state index contributed by atoms with van der Waals surface area (Å²) in [4.78, 5) is 25.3. The van der Waals surface area contributed by atoms with Gasteiger partial charge in [-0.25, -0.2) is 4.52 Å². The third-order valence-electron chi connectivity index (χ3n) is 4.95. The van der Waals surface area contributed by atoms with Gasteiger partial charge in [-0.3, -0.25) is 9.59 Å². The first-order valence-corrected chi connectivity index (χ1v) is 9.69. The molecule has 0 saturated heterocycles. The predicted octanol–water partition coefficient (Wildman–Crippen LogP) is 3.37. The number of amides is 1. The molecule has 0 atom stereocenters. The number of aryl methyl sites for hydroxylation is 1. The number of hydrogen-bond donors (Lipinski definition) is 1. The number of carbonyl (C=O) groups is 1. The molecule has 30 heavy (non-hydrogen) atoms.